The normalized spacial score (nSPS) is 11.5. The Morgan fingerprint density at radius 3 is 2.65 bits per heavy atom. The van der Waals surface area contributed by atoms with Gasteiger partial charge in [0.2, 0.25) is 0 Å². The molecule has 1 aromatic heterocycles. The Hall–Kier alpha value is -1.66. The monoisotopic (exact) mass is 249 g/mol. The zero-order chi connectivity index (χ0) is 12.9. The predicted octanol–water partition coefficient (Wildman–Crippen LogP) is 2.06. The number of rotatable bonds is 5. The smallest absolute Gasteiger partial charge is 0.389 e. The number of nitrogens with two attached hydrogens (primary N) is 1. The van der Waals surface area contributed by atoms with E-state index in [0.717, 1.165) is 0 Å². The number of aromatic nitrogens is 1. The second-order valence-electron chi connectivity index (χ2n) is 3.67. The topological polar surface area (TPSA) is 70.9 Å². The van der Waals surface area contributed by atoms with E-state index < -0.39 is 12.6 Å². The van der Waals surface area contributed by atoms with Gasteiger partial charge in [-0.05, 0) is 18.9 Å². The van der Waals surface area contributed by atoms with Crippen LogP contribution >= 0.6 is 0 Å². The molecule has 0 aliphatic heterocycles. The van der Waals surface area contributed by atoms with Gasteiger partial charge in [0.05, 0.1) is 0 Å². The molecule has 1 aromatic rings. The van der Waals surface area contributed by atoms with Crippen molar-refractivity contribution in [3.05, 3.63) is 18.0 Å². The summed E-state index contributed by atoms with van der Waals surface area (Å²) in [6.45, 7) is 0.216. The van der Waals surface area contributed by atoms with Crippen molar-refractivity contribution in [3.8, 4) is 0 Å². The van der Waals surface area contributed by atoms with E-state index in [2.05, 4.69) is 10.3 Å². The molecule has 0 bridgehead atoms. The van der Waals surface area contributed by atoms with Crippen molar-refractivity contribution in [2.45, 2.75) is 25.4 Å². The largest absolute Gasteiger partial charge is 0.397 e. The third-order valence-electron chi connectivity index (χ3n) is 2.12. The fraction of sp³-hybridized carbons (Fsp3) is 0.500. The Kier molecular flexibility index (Phi) is 4.42. The second-order valence-corrected chi connectivity index (χ2v) is 3.67. The van der Waals surface area contributed by atoms with E-state index in [9.17, 15) is 18.0 Å². The maximum atomic E-state index is 11.8. The van der Waals surface area contributed by atoms with Gasteiger partial charge in [-0.25, -0.2) is 0 Å². The number of aromatic amines is 1. The van der Waals surface area contributed by atoms with E-state index >= 15 is 0 Å². The molecular formula is C10H14F3N3O. The lowest BCUT2D eigenvalue weighted by Gasteiger charge is -2.06. The van der Waals surface area contributed by atoms with Crippen LogP contribution in [-0.2, 0) is 0 Å². The standard InChI is InChI=1S/C10H14F3N3O/c11-10(12,13)3-1-2-4-15-9(17)8-5-7(14)6-16-8/h5-6,16H,1-4,14H2,(H,15,17). The minimum atomic E-state index is -4.13. The third kappa shape index (κ3) is 5.28. The lowest BCUT2D eigenvalue weighted by Crippen LogP contribution is -2.25. The summed E-state index contributed by atoms with van der Waals surface area (Å²) in [5.41, 5.74) is 6.15. The molecule has 4 N–H and O–H groups in total. The van der Waals surface area contributed by atoms with Crippen LogP contribution in [0.2, 0.25) is 0 Å². The van der Waals surface area contributed by atoms with Crippen molar-refractivity contribution in [2.24, 2.45) is 0 Å². The van der Waals surface area contributed by atoms with Gasteiger partial charge in [0.15, 0.2) is 0 Å². The summed E-state index contributed by atoms with van der Waals surface area (Å²) < 4.78 is 35.4. The van der Waals surface area contributed by atoms with Gasteiger partial charge in [0.25, 0.3) is 5.91 Å². The number of H-pyrrole nitrogens is 1. The maximum absolute atomic E-state index is 11.8. The number of unbranched alkanes of at least 4 members (excludes halogenated alkanes) is 1. The minimum Gasteiger partial charge on any atom is -0.397 e. The van der Waals surface area contributed by atoms with Gasteiger partial charge in [-0.2, -0.15) is 13.2 Å². The van der Waals surface area contributed by atoms with Crippen LogP contribution in [-0.4, -0.2) is 23.6 Å². The summed E-state index contributed by atoms with van der Waals surface area (Å²) in [5, 5.41) is 2.51. The number of alkyl halides is 3. The number of amides is 1. The predicted molar refractivity (Wildman–Crippen MR) is 57.4 cm³/mol. The van der Waals surface area contributed by atoms with Crippen LogP contribution in [0.4, 0.5) is 18.9 Å². The first kappa shape index (κ1) is 13.4. The van der Waals surface area contributed by atoms with Gasteiger partial charge < -0.3 is 16.0 Å². The third-order valence-corrected chi connectivity index (χ3v) is 2.12. The van der Waals surface area contributed by atoms with Gasteiger partial charge in [-0.1, -0.05) is 0 Å². The number of carbonyl (C=O) groups is 1. The van der Waals surface area contributed by atoms with E-state index in [4.69, 9.17) is 5.73 Å². The molecule has 17 heavy (non-hydrogen) atoms. The highest BCUT2D eigenvalue weighted by Gasteiger charge is 2.25. The quantitative estimate of drug-likeness (QED) is 0.699. The first-order chi connectivity index (χ1) is 7.88. The van der Waals surface area contributed by atoms with E-state index in [1.54, 1.807) is 0 Å². The molecule has 0 spiro atoms. The van der Waals surface area contributed by atoms with E-state index in [0.29, 0.717) is 17.8 Å². The number of hydrogen-bond acceptors (Lipinski definition) is 2. The molecular weight excluding hydrogens is 235 g/mol. The molecule has 0 fully saturated rings. The summed E-state index contributed by atoms with van der Waals surface area (Å²) in [6.07, 6.45) is -3.17. The highest BCUT2D eigenvalue weighted by atomic mass is 19.4. The van der Waals surface area contributed by atoms with Gasteiger partial charge in [-0.3, -0.25) is 4.79 Å². The Balaban J connectivity index is 2.17. The fourth-order valence-electron chi connectivity index (χ4n) is 1.29. The Labute approximate surface area is 96.4 Å². The summed E-state index contributed by atoms with van der Waals surface area (Å²) in [4.78, 5) is 14.1. The van der Waals surface area contributed by atoms with Crippen LogP contribution in [0.25, 0.3) is 0 Å². The Morgan fingerprint density at radius 2 is 2.12 bits per heavy atom. The van der Waals surface area contributed by atoms with Crippen molar-refractivity contribution in [2.75, 3.05) is 12.3 Å². The zero-order valence-electron chi connectivity index (χ0n) is 9.10. The van der Waals surface area contributed by atoms with Crippen LogP contribution in [0.1, 0.15) is 29.8 Å². The Morgan fingerprint density at radius 1 is 1.41 bits per heavy atom. The van der Waals surface area contributed by atoms with Crippen LogP contribution in [0.5, 0.6) is 0 Å². The van der Waals surface area contributed by atoms with Crippen LogP contribution in [0.15, 0.2) is 12.3 Å². The molecule has 0 aliphatic rings. The van der Waals surface area contributed by atoms with Gasteiger partial charge in [-0.15, -0.1) is 0 Å². The molecule has 0 unspecified atom stereocenters. The highest BCUT2D eigenvalue weighted by Crippen LogP contribution is 2.21. The number of hydrogen-bond donors (Lipinski definition) is 3. The molecule has 0 aromatic carbocycles. The molecule has 7 heteroatoms. The van der Waals surface area contributed by atoms with E-state index in [1.165, 1.54) is 12.3 Å². The molecule has 4 nitrogen and oxygen atoms in total. The van der Waals surface area contributed by atoms with E-state index in [1.807, 2.05) is 0 Å². The van der Waals surface area contributed by atoms with E-state index in [-0.39, 0.29) is 18.9 Å². The molecule has 0 saturated carbocycles. The Bertz CT molecular complexity index is 373. The molecule has 0 radical (unpaired) electrons. The SMILES string of the molecule is Nc1c[nH]c(C(=O)NCCCCC(F)(F)F)c1. The van der Waals surface area contributed by atoms with Crippen molar-refractivity contribution in [3.63, 3.8) is 0 Å². The van der Waals surface area contributed by atoms with Gasteiger partial charge >= 0.3 is 6.18 Å². The van der Waals surface area contributed by atoms with Crippen LogP contribution in [0, 0.1) is 0 Å². The number of carbonyl (C=O) groups excluding carboxylic acids is 1. The summed E-state index contributed by atoms with van der Waals surface area (Å²) >= 11 is 0. The second kappa shape index (κ2) is 5.60. The summed E-state index contributed by atoms with van der Waals surface area (Å²) in [7, 11) is 0. The molecule has 1 heterocycles. The molecule has 0 aliphatic carbocycles. The fourth-order valence-corrected chi connectivity index (χ4v) is 1.29. The summed E-state index contributed by atoms with van der Waals surface area (Å²) in [5.74, 6) is -0.367. The molecule has 0 atom stereocenters. The average Bonchev–Trinajstić information content (AvgIpc) is 2.62. The number of halogens is 3. The van der Waals surface area contributed by atoms with Crippen molar-refractivity contribution in [1.29, 1.82) is 0 Å². The number of nitrogens with one attached hydrogen (secondary N) is 2. The minimum absolute atomic E-state index is 0.0106. The van der Waals surface area contributed by atoms with Crippen LogP contribution in [0.3, 0.4) is 0 Å². The summed E-state index contributed by atoms with van der Waals surface area (Å²) in [6, 6.07) is 1.46. The lowest BCUT2D eigenvalue weighted by atomic mass is 10.2. The van der Waals surface area contributed by atoms with Gasteiger partial charge in [0.1, 0.15) is 5.69 Å². The van der Waals surface area contributed by atoms with Crippen molar-refractivity contribution >= 4 is 11.6 Å². The maximum Gasteiger partial charge on any atom is 0.389 e. The van der Waals surface area contributed by atoms with Crippen LogP contribution < -0.4 is 11.1 Å². The zero-order valence-corrected chi connectivity index (χ0v) is 9.10. The molecule has 0 saturated heterocycles. The first-order valence-corrected chi connectivity index (χ1v) is 5.17. The first-order valence-electron chi connectivity index (χ1n) is 5.17. The van der Waals surface area contributed by atoms with Crippen molar-refractivity contribution in [1.82, 2.24) is 10.3 Å². The van der Waals surface area contributed by atoms with Crippen molar-refractivity contribution < 1.29 is 18.0 Å². The van der Waals surface area contributed by atoms with Gasteiger partial charge in [0, 0.05) is 24.8 Å². The molecule has 1 rings (SSSR count). The highest BCUT2D eigenvalue weighted by molar-refractivity contribution is 5.93. The average molecular weight is 249 g/mol. The molecule has 1 amide bonds. The number of nitrogen functional groups attached to an aromatic ring is 1. The molecule has 96 valence electrons. The lowest BCUT2D eigenvalue weighted by molar-refractivity contribution is -0.135. The number of anilines is 1.